The Bertz CT molecular complexity index is 321. The molecule has 1 rings (SSSR count). The van der Waals surface area contributed by atoms with Gasteiger partial charge in [-0.05, 0) is 38.8 Å². The van der Waals surface area contributed by atoms with Gasteiger partial charge in [0.1, 0.15) is 5.75 Å². The average molecular weight is 224 g/mol. The van der Waals surface area contributed by atoms with Crippen molar-refractivity contribution < 1.29 is 14.9 Å². The molecule has 2 N–H and O–H groups in total. The Labute approximate surface area is 96.7 Å². The second-order valence-corrected chi connectivity index (χ2v) is 4.00. The van der Waals surface area contributed by atoms with E-state index in [9.17, 15) is 5.11 Å². The minimum atomic E-state index is -0.521. The summed E-state index contributed by atoms with van der Waals surface area (Å²) >= 11 is 0. The van der Waals surface area contributed by atoms with Crippen LogP contribution in [0.5, 0.6) is 5.75 Å². The first-order valence-electron chi connectivity index (χ1n) is 5.67. The number of benzene rings is 1. The normalized spacial score (nSPS) is 12.5. The second kappa shape index (κ2) is 6.51. The molecule has 0 amide bonds. The van der Waals surface area contributed by atoms with Crippen LogP contribution in [0.3, 0.4) is 0 Å². The summed E-state index contributed by atoms with van der Waals surface area (Å²) in [5.41, 5.74) is 1.93. The monoisotopic (exact) mass is 224 g/mol. The maximum atomic E-state index is 9.61. The molecular weight excluding hydrogens is 204 g/mol. The maximum Gasteiger partial charge on any atom is 0.125 e. The molecule has 0 unspecified atom stereocenters. The van der Waals surface area contributed by atoms with Gasteiger partial charge in [-0.25, -0.2) is 0 Å². The first-order chi connectivity index (χ1) is 7.65. The Morgan fingerprint density at radius 3 is 2.69 bits per heavy atom. The molecular formula is C13H20O3. The van der Waals surface area contributed by atoms with Crippen molar-refractivity contribution >= 4 is 0 Å². The zero-order valence-corrected chi connectivity index (χ0v) is 9.94. The molecule has 0 bridgehead atoms. The van der Waals surface area contributed by atoms with Crippen LogP contribution in [0.15, 0.2) is 18.2 Å². The summed E-state index contributed by atoms with van der Waals surface area (Å²) < 4.78 is 5.58. The second-order valence-electron chi connectivity index (χ2n) is 4.00. The Morgan fingerprint density at radius 2 is 2.06 bits per heavy atom. The molecule has 0 radical (unpaired) electrons. The first-order valence-corrected chi connectivity index (χ1v) is 5.67. The van der Waals surface area contributed by atoms with Gasteiger partial charge in [-0.2, -0.15) is 0 Å². The average Bonchev–Trinajstić information content (AvgIpc) is 2.26. The Hall–Kier alpha value is -1.06. The van der Waals surface area contributed by atoms with E-state index in [0.29, 0.717) is 6.61 Å². The minimum absolute atomic E-state index is 0.195. The van der Waals surface area contributed by atoms with Crippen molar-refractivity contribution in [2.75, 3.05) is 13.2 Å². The van der Waals surface area contributed by atoms with Crippen LogP contribution < -0.4 is 4.74 Å². The number of aryl methyl sites for hydroxylation is 1. The van der Waals surface area contributed by atoms with Gasteiger partial charge in [0.2, 0.25) is 0 Å². The number of hydrogen-bond acceptors (Lipinski definition) is 3. The van der Waals surface area contributed by atoms with Crippen LogP contribution in [0, 0.1) is 6.92 Å². The molecule has 0 spiro atoms. The van der Waals surface area contributed by atoms with E-state index in [2.05, 4.69) is 0 Å². The summed E-state index contributed by atoms with van der Waals surface area (Å²) in [6, 6.07) is 5.79. The Balaban J connectivity index is 2.64. The lowest BCUT2D eigenvalue weighted by atomic mass is 10.1. The number of rotatable bonds is 6. The van der Waals surface area contributed by atoms with Crippen molar-refractivity contribution in [3.63, 3.8) is 0 Å². The zero-order valence-electron chi connectivity index (χ0n) is 9.94. The Kier molecular flexibility index (Phi) is 5.29. The molecule has 0 aliphatic carbocycles. The molecule has 0 fully saturated rings. The topological polar surface area (TPSA) is 49.7 Å². The van der Waals surface area contributed by atoms with E-state index in [1.54, 1.807) is 6.92 Å². The van der Waals surface area contributed by atoms with Crippen LogP contribution in [-0.4, -0.2) is 23.4 Å². The molecule has 1 aromatic carbocycles. The summed E-state index contributed by atoms with van der Waals surface area (Å²) in [5, 5.41) is 18.3. The van der Waals surface area contributed by atoms with E-state index in [1.165, 1.54) is 0 Å². The van der Waals surface area contributed by atoms with Crippen molar-refractivity contribution in [1.82, 2.24) is 0 Å². The van der Waals surface area contributed by atoms with Crippen LogP contribution in [0.2, 0.25) is 0 Å². The fourth-order valence-corrected chi connectivity index (χ4v) is 1.52. The first kappa shape index (κ1) is 13.0. The van der Waals surface area contributed by atoms with Gasteiger partial charge in [0.25, 0.3) is 0 Å². The van der Waals surface area contributed by atoms with Crippen molar-refractivity contribution in [2.45, 2.75) is 32.8 Å². The van der Waals surface area contributed by atoms with E-state index < -0.39 is 6.10 Å². The smallest absolute Gasteiger partial charge is 0.125 e. The highest BCUT2D eigenvalue weighted by molar-refractivity contribution is 5.38. The van der Waals surface area contributed by atoms with Gasteiger partial charge in [0.15, 0.2) is 0 Å². The van der Waals surface area contributed by atoms with E-state index in [4.69, 9.17) is 9.84 Å². The highest BCUT2D eigenvalue weighted by Crippen LogP contribution is 2.26. The largest absolute Gasteiger partial charge is 0.493 e. The third kappa shape index (κ3) is 3.83. The predicted molar refractivity (Wildman–Crippen MR) is 63.6 cm³/mol. The van der Waals surface area contributed by atoms with E-state index in [1.807, 2.05) is 25.1 Å². The molecule has 90 valence electrons. The summed E-state index contributed by atoms with van der Waals surface area (Å²) in [7, 11) is 0. The van der Waals surface area contributed by atoms with E-state index in [-0.39, 0.29) is 6.61 Å². The summed E-state index contributed by atoms with van der Waals surface area (Å²) in [6.45, 7) is 4.49. The third-order valence-corrected chi connectivity index (χ3v) is 2.43. The molecule has 0 heterocycles. The summed E-state index contributed by atoms with van der Waals surface area (Å²) in [5.74, 6) is 0.735. The summed E-state index contributed by atoms with van der Waals surface area (Å²) in [6.07, 6.45) is 1.05. The van der Waals surface area contributed by atoms with Crippen molar-refractivity contribution in [3.8, 4) is 5.75 Å². The van der Waals surface area contributed by atoms with Crippen LogP contribution in [-0.2, 0) is 0 Å². The lowest BCUT2D eigenvalue weighted by molar-refractivity contribution is 0.189. The molecule has 1 atom stereocenters. The molecule has 0 aromatic heterocycles. The maximum absolute atomic E-state index is 9.61. The van der Waals surface area contributed by atoms with Crippen molar-refractivity contribution in [1.29, 1.82) is 0 Å². The number of ether oxygens (including phenoxy) is 1. The predicted octanol–water partition coefficient (Wildman–Crippen LogP) is 2.20. The molecule has 0 aliphatic rings. The number of aliphatic hydroxyl groups is 2. The highest BCUT2D eigenvalue weighted by Gasteiger charge is 2.09. The lowest BCUT2D eigenvalue weighted by Crippen LogP contribution is -2.03. The molecule has 0 saturated heterocycles. The number of unbranched alkanes of at least 4 members (excludes halogenated alkanes) is 1. The van der Waals surface area contributed by atoms with Crippen molar-refractivity contribution in [3.05, 3.63) is 29.3 Å². The molecule has 3 heteroatoms. The molecule has 0 saturated carbocycles. The standard InChI is InChI=1S/C13H20O3/c1-10-5-6-13(12(9-10)11(2)15)16-8-4-3-7-14/h5-6,9,11,14-15H,3-4,7-8H2,1-2H3/t11-/m1/s1. The molecule has 16 heavy (non-hydrogen) atoms. The summed E-state index contributed by atoms with van der Waals surface area (Å²) in [4.78, 5) is 0. The van der Waals surface area contributed by atoms with Crippen LogP contribution in [0.25, 0.3) is 0 Å². The quantitative estimate of drug-likeness (QED) is 0.728. The van der Waals surface area contributed by atoms with Crippen LogP contribution in [0.4, 0.5) is 0 Å². The molecule has 1 aromatic rings. The Morgan fingerprint density at radius 1 is 1.31 bits per heavy atom. The van der Waals surface area contributed by atoms with Crippen LogP contribution in [0.1, 0.15) is 37.0 Å². The van der Waals surface area contributed by atoms with Crippen LogP contribution >= 0.6 is 0 Å². The van der Waals surface area contributed by atoms with Gasteiger partial charge in [-0.3, -0.25) is 0 Å². The highest BCUT2D eigenvalue weighted by atomic mass is 16.5. The van der Waals surface area contributed by atoms with Gasteiger partial charge >= 0.3 is 0 Å². The lowest BCUT2D eigenvalue weighted by Gasteiger charge is -2.14. The number of hydrogen-bond donors (Lipinski definition) is 2. The van der Waals surface area contributed by atoms with Crippen molar-refractivity contribution in [2.24, 2.45) is 0 Å². The van der Waals surface area contributed by atoms with Gasteiger partial charge in [-0.1, -0.05) is 11.6 Å². The van der Waals surface area contributed by atoms with E-state index in [0.717, 1.165) is 29.7 Å². The fraction of sp³-hybridized carbons (Fsp3) is 0.538. The minimum Gasteiger partial charge on any atom is -0.493 e. The molecule has 3 nitrogen and oxygen atoms in total. The van der Waals surface area contributed by atoms with E-state index >= 15 is 0 Å². The van der Waals surface area contributed by atoms with Gasteiger partial charge in [-0.15, -0.1) is 0 Å². The van der Waals surface area contributed by atoms with Gasteiger partial charge < -0.3 is 14.9 Å². The fourth-order valence-electron chi connectivity index (χ4n) is 1.52. The third-order valence-electron chi connectivity index (χ3n) is 2.43. The zero-order chi connectivity index (χ0) is 12.0. The number of aliphatic hydroxyl groups excluding tert-OH is 2. The van der Waals surface area contributed by atoms with Gasteiger partial charge in [0, 0.05) is 12.2 Å². The molecule has 0 aliphatic heterocycles. The SMILES string of the molecule is Cc1ccc(OCCCCO)c([C@@H](C)O)c1. The van der Waals surface area contributed by atoms with Gasteiger partial charge in [0.05, 0.1) is 12.7 Å².